The number of halogens is 2. The van der Waals surface area contributed by atoms with Crippen LogP contribution >= 0.6 is 24.8 Å². The van der Waals surface area contributed by atoms with Gasteiger partial charge in [0.2, 0.25) is 0 Å². The van der Waals surface area contributed by atoms with Crippen LogP contribution in [0.5, 0.6) is 11.5 Å². The van der Waals surface area contributed by atoms with Crippen molar-refractivity contribution in [3.05, 3.63) is 59.7 Å². The van der Waals surface area contributed by atoms with Crippen molar-refractivity contribution in [2.45, 2.75) is 66.2 Å². The van der Waals surface area contributed by atoms with Crippen molar-refractivity contribution in [3.63, 3.8) is 0 Å². The molecule has 0 bridgehead atoms. The second-order valence-electron chi connectivity index (χ2n) is 8.92. The third kappa shape index (κ3) is 10.9. The fraction of sp³-hybridized carbons (Fsp3) is 0.600. The first-order valence-electron chi connectivity index (χ1n) is 13.5. The van der Waals surface area contributed by atoms with Gasteiger partial charge in [0, 0.05) is 13.1 Å². The molecule has 0 aliphatic rings. The molecule has 6 heteroatoms. The monoisotopic (exact) mass is 540 g/mol. The summed E-state index contributed by atoms with van der Waals surface area (Å²) < 4.78 is 12.0. The van der Waals surface area contributed by atoms with Gasteiger partial charge in [0.05, 0.1) is 0 Å². The summed E-state index contributed by atoms with van der Waals surface area (Å²) in [4.78, 5) is 4.77. The Balaban J connectivity index is 0.00000612. The highest BCUT2D eigenvalue weighted by Crippen LogP contribution is 2.38. The normalized spacial score (nSPS) is 12.6. The maximum absolute atomic E-state index is 6.00. The Morgan fingerprint density at radius 2 is 0.833 bits per heavy atom. The van der Waals surface area contributed by atoms with Crippen LogP contribution in [0.3, 0.4) is 0 Å². The SMILES string of the molecule is CCC(c1ccc(OCCN(CC)CC)cc1)C(CC)c1ccc(OCCN(CC)CC)cc1.Cl.Cl. The number of benzene rings is 2. The molecular formula is C30H50Cl2N2O2. The summed E-state index contributed by atoms with van der Waals surface area (Å²) in [7, 11) is 0. The summed E-state index contributed by atoms with van der Waals surface area (Å²) in [6, 6.07) is 17.6. The molecule has 0 saturated carbocycles. The number of rotatable bonds is 17. The summed E-state index contributed by atoms with van der Waals surface area (Å²) in [5, 5.41) is 0. The third-order valence-electron chi connectivity index (χ3n) is 7.12. The predicted molar refractivity (Wildman–Crippen MR) is 160 cm³/mol. The van der Waals surface area contributed by atoms with Gasteiger partial charge in [-0.2, -0.15) is 0 Å². The molecule has 2 unspecified atom stereocenters. The van der Waals surface area contributed by atoms with Crippen molar-refractivity contribution in [1.29, 1.82) is 0 Å². The van der Waals surface area contributed by atoms with Crippen molar-refractivity contribution >= 4 is 24.8 Å². The van der Waals surface area contributed by atoms with Gasteiger partial charge < -0.3 is 19.3 Å². The lowest BCUT2D eigenvalue weighted by Crippen LogP contribution is -2.27. The minimum Gasteiger partial charge on any atom is -0.492 e. The zero-order chi connectivity index (χ0) is 24.8. The maximum Gasteiger partial charge on any atom is 0.119 e. The minimum absolute atomic E-state index is 0. The van der Waals surface area contributed by atoms with Crippen LogP contribution in [0.1, 0.15) is 77.3 Å². The summed E-state index contributed by atoms with van der Waals surface area (Å²) in [6.07, 6.45) is 2.23. The van der Waals surface area contributed by atoms with Crippen LogP contribution < -0.4 is 9.47 Å². The van der Waals surface area contributed by atoms with Crippen LogP contribution in [-0.2, 0) is 0 Å². The van der Waals surface area contributed by atoms with E-state index in [-0.39, 0.29) is 24.8 Å². The Bertz CT molecular complexity index is 711. The Labute approximate surface area is 233 Å². The molecule has 2 aromatic rings. The molecule has 0 fully saturated rings. The lowest BCUT2D eigenvalue weighted by atomic mass is 9.78. The van der Waals surface area contributed by atoms with E-state index in [1.54, 1.807) is 0 Å². The maximum atomic E-state index is 6.00. The fourth-order valence-corrected chi connectivity index (χ4v) is 4.79. The number of nitrogens with zero attached hydrogens (tertiary/aromatic N) is 2. The Kier molecular flexibility index (Phi) is 18.8. The van der Waals surface area contributed by atoms with Crippen molar-refractivity contribution in [1.82, 2.24) is 9.80 Å². The second kappa shape index (κ2) is 19.6. The number of ether oxygens (including phenoxy) is 2. The Hall–Kier alpha value is -1.46. The Morgan fingerprint density at radius 3 is 1.08 bits per heavy atom. The molecule has 206 valence electrons. The first-order valence-corrected chi connectivity index (χ1v) is 13.5. The Morgan fingerprint density at radius 1 is 0.528 bits per heavy atom. The summed E-state index contributed by atoms with van der Waals surface area (Å²) in [5.41, 5.74) is 2.79. The minimum atomic E-state index is 0. The van der Waals surface area contributed by atoms with Crippen LogP contribution in [-0.4, -0.2) is 62.3 Å². The van der Waals surface area contributed by atoms with E-state index in [1.807, 2.05) is 0 Å². The first-order chi connectivity index (χ1) is 16.6. The van der Waals surface area contributed by atoms with Gasteiger partial charge in [-0.15, -0.1) is 24.8 Å². The van der Waals surface area contributed by atoms with Crippen molar-refractivity contribution < 1.29 is 9.47 Å². The van der Waals surface area contributed by atoms with Crippen molar-refractivity contribution in [2.24, 2.45) is 0 Å². The van der Waals surface area contributed by atoms with E-state index < -0.39 is 0 Å². The largest absolute Gasteiger partial charge is 0.492 e. The second-order valence-corrected chi connectivity index (χ2v) is 8.92. The van der Waals surface area contributed by atoms with Gasteiger partial charge in [0.25, 0.3) is 0 Å². The molecule has 0 saturated heterocycles. The highest BCUT2D eigenvalue weighted by Gasteiger charge is 2.22. The van der Waals surface area contributed by atoms with Crippen LogP contribution in [0, 0.1) is 0 Å². The van der Waals surface area contributed by atoms with E-state index >= 15 is 0 Å². The van der Waals surface area contributed by atoms with Gasteiger partial charge in [-0.25, -0.2) is 0 Å². The molecule has 0 amide bonds. The van der Waals surface area contributed by atoms with E-state index in [9.17, 15) is 0 Å². The van der Waals surface area contributed by atoms with E-state index in [4.69, 9.17) is 9.47 Å². The fourth-order valence-electron chi connectivity index (χ4n) is 4.79. The summed E-state index contributed by atoms with van der Waals surface area (Å²) in [6.45, 7) is 21.1. The van der Waals surface area contributed by atoms with E-state index in [0.29, 0.717) is 11.8 Å². The lowest BCUT2D eigenvalue weighted by Gasteiger charge is -2.27. The van der Waals surface area contributed by atoms with Gasteiger partial charge in [-0.3, -0.25) is 0 Å². The standard InChI is InChI=1S/C30H48N2O2.2ClH/c1-7-29(25-13-17-27(18-14-25)33-23-21-31(9-3)10-4)30(8-2)26-15-19-28(20-16-26)34-24-22-32(11-5)12-6;;/h13-20,29-30H,7-12,21-24H2,1-6H3;2*1H. The molecule has 2 atom stereocenters. The lowest BCUT2D eigenvalue weighted by molar-refractivity contribution is 0.222. The van der Waals surface area contributed by atoms with Crippen molar-refractivity contribution in [2.75, 3.05) is 52.5 Å². The molecule has 0 aliphatic carbocycles. The van der Waals surface area contributed by atoms with E-state index in [2.05, 4.69) is 99.9 Å². The predicted octanol–water partition coefficient (Wildman–Crippen LogP) is 7.66. The molecule has 0 aromatic heterocycles. The molecule has 2 rings (SSSR count). The average molecular weight is 542 g/mol. The average Bonchev–Trinajstić information content (AvgIpc) is 2.88. The van der Waals surface area contributed by atoms with E-state index in [1.165, 1.54) is 11.1 Å². The third-order valence-corrected chi connectivity index (χ3v) is 7.12. The van der Waals surface area contributed by atoms with Crippen LogP contribution in [0.25, 0.3) is 0 Å². The van der Waals surface area contributed by atoms with Gasteiger partial charge in [0.1, 0.15) is 24.7 Å². The van der Waals surface area contributed by atoms with Gasteiger partial charge in [-0.05, 0) is 86.2 Å². The van der Waals surface area contributed by atoms with Crippen LogP contribution in [0.2, 0.25) is 0 Å². The highest BCUT2D eigenvalue weighted by molar-refractivity contribution is 5.85. The van der Waals surface area contributed by atoms with Crippen LogP contribution in [0.4, 0.5) is 0 Å². The molecule has 4 nitrogen and oxygen atoms in total. The van der Waals surface area contributed by atoms with Crippen LogP contribution in [0.15, 0.2) is 48.5 Å². The van der Waals surface area contributed by atoms with Gasteiger partial charge in [0.15, 0.2) is 0 Å². The molecule has 0 spiro atoms. The summed E-state index contributed by atoms with van der Waals surface area (Å²) >= 11 is 0. The van der Waals surface area contributed by atoms with Gasteiger partial charge >= 0.3 is 0 Å². The highest BCUT2D eigenvalue weighted by atomic mass is 35.5. The topological polar surface area (TPSA) is 24.9 Å². The molecule has 0 N–H and O–H groups in total. The zero-order valence-corrected chi connectivity index (χ0v) is 25.0. The molecule has 0 aliphatic heterocycles. The smallest absolute Gasteiger partial charge is 0.119 e. The summed E-state index contributed by atoms with van der Waals surface area (Å²) in [5.74, 6) is 2.91. The van der Waals surface area contributed by atoms with E-state index in [0.717, 1.165) is 76.8 Å². The molecule has 36 heavy (non-hydrogen) atoms. The number of likely N-dealkylation sites (N-methyl/N-ethyl adjacent to an activating group) is 2. The molecule has 2 aromatic carbocycles. The number of hydrogen-bond donors (Lipinski definition) is 0. The number of hydrogen-bond acceptors (Lipinski definition) is 4. The molecule has 0 heterocycles. The zero-order valence-electron chi connectivity index (χ0n) is 23.4. The first kappa shape index (κ1) is 34.5. The van der Waals surface area contributed by atoms with Gasteiger partial charge in [-0.1, -0.05) is 65.8 Å². The molecular weight excluding hydrogens is 491 g/mol. The van der Waals surface area contributed by atoms with Crippen molar-refractivity contribution in [3.8, 4) is 11.5 Å². The quantitative estimate of drug-likeness (QED) is 0.205. The molecule has 0 radical (unpaired) electrons.